The van der Waals surface area contributed by atoms with Crippen molar-refractivity contribution in [3.05, 3.63) is 72.6 Å². The van der Waals surface area contributed by atoms with Crippen LogP contribution in [0.4, 0.5) is 22.2 Å². The van der Waals surface area contributed by atoms with E-state index in [1.807, 2.05) is 35.0 Å². The van der Waals surface area contributed by atoms with E-state index in [9.17, 15) is 4.79 Å². The second kappa shape index (κ2) is 11.0. The molecular weight excluding hydrogens is 494 g/mol. The molecule has 2 aromatic heterocycles. The van der Waals surface area contributed by atoms with E-state index in [0.29, 0.717) is 59.5 Å². The van der Waals surface area contributed by atoms with Crippen molar-refractivity contribution in [2.75, 3.05) is 56.9 Å². The maximum absolute atomic E-state index is 12.9. The smallest absolute Gasteiger partial charge is 0.321 e. The quantitative estimate of drug-likeness (QED) is 0.365. The Morgan fingerprint density at radius 2 is 1.77 bits per heavy atom. The molecule has 3 N–H and O–H groups in total. The number of nitrogens with zero attached hydrogens (tertiary/aromatic N) is 5. The summed E-state index contributed by atoms with van der Waals surface area (Å²) in [7, 11) is 5.15. The Bertz CT molecular complexity index is 1440. The predicted octanol–water partition coefficient (Wildman–Crippen LogP) is 4.33. The number of piperidine rings is 1. The van der Waals surface area contributed by atoms with Gasteiger partial charge in [0.05, 0.1) is 31.6 Å². The number of anilines is 3. The largest absolute Gasteiger partial charge is 0.493 e. The number of carbonyl (C=O) groups excluding carboxylic acids is 1. The third kappa shape index (κ3) is 5.36. The number of likely N-dealkylation sites (tertiary alicyclic amines) is 1. The molecule has 4 aromatic rings. The summed E-state index contributed by atoms with van der Waals surface area (Å²) in [6, 6.07) is 17.6. The molecule has 2 aromatic carbocycles. The van der Waals surface area contributed by atoms with Gasteiger partial charge < -0.3 is 30.3 Å². The van der Waals surface area contributed by atoms with Gasteiger partial charge in [0.1, 0.15) is 5.82 Å². The second-order valence-corrected chi connectivity index (χ2v) is 9.79. The minimum absolute atomic E-state index is 0.118. The summed E-state index contributed by atoms with van der Waals surface area (Å²) >= 11 is 0. The summed E-state index contributed by atoms with van der Waals surface area (Å²) in [5, 5.41) is 3.65. The number of hydrogen-bond acceptors (Lipinski definition) is 8. The van der Waals surface area contributed by atoms with Crippen LogP contribution in [0.1, 0.15) is 18.4 Å². The molecule has 2 amide bonds. The topological polar surface area (TPSA) is 119 Å². The first-order valence-electron chi connectivity index (χ1n) is 12.8. The van der Waals surface area contributed by atoms with Gasteiger partial charge in [0.15, 0.2) is 11.5 Å². The monoisotopic (exact) mass is 527 g/mol. The lowest BCUT2D eigenvalue weighted by Gasteiger charge is -2.44. The van der Waals surface area contributed by atoms with Crippen LogP contribution in [0.3, 0.4) is 0 Å². The Balaban J connectivity index is 1.39. The lowest BCUT2D eigenvalue weighted by molar-refractivity contribution is 0.169. The Labute approximate surface area is 227 Å². The average molecular weight is 528 g/mol. The zero-order chi connectivity index (χ0) is 27.4. The lowest BCUT2D eigenvalue weighted by atomic mass is 9.72. The Morgan fingerprint density at radius 1 is 1.05 bits per heavy atom. The normalized spacial score (nSPS) is 14.6. The van der Waals surface area contributed by atoms with E-state index in [1.54, 1.807) is 38.7 Å². The van der Waals surface area contributed by atoms with Crippen molar-refractivity contribution in [1.82, 2.24) is 19.9 Å². The number of nitrogens with two attached hydrogens (primary N) is 1. The van der Waals surface area contributed by atoms with Crippen molar-refractivity contribution >= 4 is 34.4 Å². The zero-order valence-electron chi connectivity index (χ0n) is 22.4. The first-order chi connectivity index (χ1) is 18.9. The Kier molecular flexibility index (Phi) is 7.36. The predicted molar refractivity (Wildman–Crippen MR) is 153 cm³/mol. The van der Waals surface area contributed by atoms with Crippen LogP contribution >= 0.6 is 0 Å². The summed E-state index contributed by atoms with van der Waals surface area (Å²) in [4.78, 5) is 30.4. The highest BCUT2D eigenvalue weighted by Crippen LogP contribution is 2.38. The fraction of sp³-hybridized carbons (Fsp3) is 0.310. The number of aromatic nitrogens is 3. The maximum atomic E-state index is 12.9. The number of rotatable bonds is 7. The van der Waals surface area contributed by atoms with E-state index in [0.717, 1.165) is 12.8 Å². The molecule has 1 aliphatic heterocycles. The van der Waals surface area contributed by atoms with Crippen LogP contribution in [0.25, 0.3) is 10.9 Å². The van der Waals surface area contributed by atoms with Gasteiger partial charge in [0.2, 0.25) is 5.95 Å². The molecule has 0 radical (unpaired) electrons. The van der Waals surface area contributed by atoms with Gasteiger partial charge in [-0.05, 0) is 36.6 Å². The number of nitrogens with one attached hydrogen (secondary N) is 1. The number of likely N-dealkylation sites (N-methyl/N-ethyl adjacent to an activating group) is 1. The van der Waals surface area contributed by atoms with Crippen LogP contribution in [0.15, 0.2) is 67.0 Å². The zero-order valence-corrected chi connectivity index (χ0v) is 22.4. The summed E-state index contributed by atoms with van der Waals surface area (Å²) in [6.07, 6.45) is 4.90. The van der Waals surface area contributed by atoms with E-state index < -0.39 is 0 Å². The lowest BCUT2D eigenvalue weighted by Crippen LogP contribution is -2.51. The third-order valence-electron chi connectivity index (χ3n) is 7.41. The van der Waals surface area contributed by atoms with Crippen molar-refractivity contribution in [2.45, 2.75) is 18.3 Å². The number of hydrogen-bond donors (Lipinski definition) is 2. The standard InChI is InChI=1S/C29H33N7O3/c1-35(27-33-23-17-25(39-3)24(38-2)16-22(23)26(30)34-27)19-29(20-8-5-4-6-9-20)11-14-36(15-12-29)28(37)32-21-10-7-13-31-18-21/h4-10,13,16-18H,11-12,14-15,19H2,1-3H3,(H,32,37)(H2,30,33,34). The first kappa shape index (κ1) is 26.0. The van der Waals surface area contributed by atoms with E-state index in [-0.39, 0.29) is 11.4 Å². The summed E-state index contributed by atoms with van der Waals surface area (Å²) in [5.74, 6) is 2.05. The summed E-state index contributed by atoms with van der Waals surface area (Å²) in [6.45, 7) is 1.90. The fourth-order valence-electron chi connectivity index (χ4n) is 5.27. The SMILES string of the molecule is COc1cc2nc(N(C)CC3(c4ccccc4)CCN(C(=O)Nc4cccnc4)CC3)nc(N)c2cc1OC. The maximum Gasteiger partial charge on any atom is 0.321 e. The average Bonchev–Trinajstić information content (AvgIpc) is 2.97. The molecule has 202 valence electrons. The molecule has 5 rings (SSSR count). The Hall–Kier alpha value is -4.60. The first-order valence-corrected chi connectivity index (χ1v) is 12.8. The van der Waals surface area contributed by atoms with Crippen LogP contribution in [0, 0.1) is 0 Å². The number of methoxy groups -OCH3 is 2. The molecule has 0 aliphatic carbocycles. The molecule has 10 heteroatoms. The number of pyridine rings is 1. The van der Waals surface area contributed by atoms with Gasteiger partial charge >= 0.3 is 6.03 Å². The van der Waals surface area contributed by atoms with Crippen molar-refractivity contribution < 1.29 is 14.3 Å². The fourth-order valence-corrected chi connectivity index (χ4v) is 5.27. The molecule has 1 saturated heterocycles. The highest BCUT2D eigenvalue weighted by atomic mass is 16.5. The molecule has 39 heavy (non-hydrogen) atoms. The number of amides is 2. The van der Waals surface area contributed by atoms with Crippen molar-refractivity contribution in [3.8, 4) is 11.5 Å². The van der Waals surface area contributed by atoms with Crippen molar-refractivity contribution in [2.24, 2.45) is 0 Å². The number of carbonyl (C=O) groups is 1. The van der Waals surface area contributed by atoms with E-state index in [1.165, 1.54) is 5.56 Å². The van der Waals surface area contributed by atoms with Crippen LogP contribution in [0.2, 0.25) is 0 Å². The van der Waals surface area contributed by atoms with Crippen molar-refractivity contribution in [1.29, 1.82) is 0 Å². The minimum Gasteiger partial charge on any atom is -0.493 e. The van der Waals surface area contributed by atoms with Crippen LogP contribution in [-0.4, -0.2) is 66.8 Å². The van der Waals surface area contributed by atoms with E-state index >= 15 is 0 Å². The van der Waals surface area contributed by atoms with Crippen LogP contribution < -0.4 is 25.4 Å². The van der Waals surface area contributed by atoms with Crippen molar-refractivity contribution in [3.63, 3.8) is 0 Å². The molecular formula is C29H33N7O3. The minimum atomic E-state index is -0.203. The molecule has 0 atom stereocenters. The number of urea groups is 1. The van der Waals surface area contributed by atoms with Gasteiger partial charge in [-0.15, -0.1) is 0 Å². The molecule has 10 nitrogen and oxygen atoms in total. The second-order valence-electron chi connectivity index (χ2n) is 9.79. The van der Waals surface area contributed by atoms with Gasteiger partial charge in [-0.3, -0.25) is 4.98 Å². The van der Waals surface area contributed by atoms with Gasteiger partial charge in [0.25, 0.3) is 0 Å². The number of nitrogen functional groups attached to an aromatic ring is 1. The van der Waals surface area contributed by atoms with E-state index in [2.05, 4.69) is 39.6 Å². The number of fused-ring (bicyclic) bond motifs is 1. The van der Waals surface area contributed by atoms with Gasteiger partial charge in [-0.25, -0.2) is 9.78 Å². The van der Waals surface area contributed by atoms with Gasteiger partial charge in [-0.1, -0.05) is 30.3 Å². The van der Waals surface area contributed by atoms with Crippen LogP contribution in [0.5, 0.6) is 11.5 Å². The van der Waals surface area contributed by atoms with E-state index in [4.69, 9.17) is 20.2 Å². The molecule has 3 heterocycles. The molecule has 0 saturated carbocycles. The summed E-state index contributed by atoms with van der Waals surface area (Å²) in [5.41, 5.74) is 8.76. The number of ether oxygens (including phenoxy) is 2. The van der Waals surface area contributed by atoms with Gasteiger partial charge in [0, 0.05) is 49.7 Å². The molecule has 0 bridgehead atoms. The third-order valence-corrected chi connectivity index (χ3v) is 7.41. The molecule has 0 spiro atoms. The molecule has 0 unspecified atom stereocenters. The molecule has 1 aliphatic rings. The van der Waals surface area contributed by atoms with Crippen LogP contribution in [-0.2, 0) is 5.41 Å². The van der Waals surface area contributed by atoms with Gasteiger partial charge in [-0.2, -0.15) is 4.98 Å². The highest BCUT2D eigenvalue weighted by molar-refractivity contribution is 5.92. The summed E-state index contributed by atoms with van der Waals surface area (Å²) < 4.78 is 10.9. The highest BCUT2D eigenvalue weighted by Gasteiger charge is 2.39. The Morgan fingerprint density at radius 3 is 2.44 bits per heavy atom. The number of benzene rings is 2. The molecule has 1 fully saturated rings.